The third kappa shape index (κ3) is 4.54. The Kier molecular flexibility index (Phi) is 6.46. The van der Waals surface area contributed by atoms with Crippen molar-refractivity contribution in [2.45, 2.75) is 0 Å². The quantitative estimate of drug-likeness (QED) is 0.188. The SMILES string of the molecule is c1ccc(-c2cc(-n3c4ccccc4c4ccc(-c5ccc6c(c5)c5ccccc5n6-c5ccccc5)cc43)nc(-c3ccccc3)n2)cc1. The van der Waals surface area contributed by atoms with Crippen molar-refractivity contribution in [1.29, 1.82) is 0 Å². The lowest BCUT2D eigenvalue weighted by Crippen LogP contribution is -2.02. The molecule has 0 bridgehead atoms. The maximum absolute atomic E-state index is 5.23. The largest absolute Gasteiger partial charge is 0.309 e. The molecule has 0 aliphatic carbocycles. The molecule has 3 aromatic heterocycles. The Morgan fingerprint density at radius 2 is 0.860 bits per heavy atom. The molecule has 7 aromatic carbocycles. The highest BCUT2D eigenvalue weighted by Gasteiger charge is 2.18. The minimum absolute atomic E-state index is 0.698. The molecule has 0 spiro atoms. The molecule has 0 aliphatic heterocycles. The Morgan fingerprint density at radius 1 is 0.320 bits per heavy atom. The van der Waals surface area contributed by atoms with Crippen LogP contribution < -0.4 is 0 Å². The molecule has 0 aliphatic rings. The van der Waals surface area contributed by atoms with Crippen molar-refractivity contribution in [2.75, 3.05) is 0 Å². The second kappa shape index (κ2) is 11.4. The van der Waals surface area contributed by atoms with E-state index in [4.69, 9.17) is 9.97 Å². The molecule has 50 heavy (non-hydrogen) atoms. The van der Waals surface area contributed by atoms with E-state index in [0.717, 1.165) is 44.9 Å². The number of hydrogen-bond acceptors (Lipinski definition) is 2. The normalized spacial score (nSPS) is 11.6. The molecule has 10 rings (SSSR count). The zero-order chi connectivity index (χ0) is 33.0. The molecular weight excluding hydrogens is 609 g/mol. The summed E-state index contributed by atoms with van der Waals surface area (Å²) in [6, 6.07) is 64.3. The standard InChI is InChI=1S/C46H30N4/c1-4-14-31(15-5-1)40-30-45(48-46(47-40)32-16-6-2-7-17-32)50-42-23-13-10-20-36(42)38-26-24-34(29-44(38)50)33-25-27-43-39(28-33)37-21-11-12-22-41(37)49(43)35-18-8-3-9-19-35/h1-30H. The van der Waals surface area contributed by atoms with E-state index in [1.807, 2.05) is 24.3 Å². The molecule has 0 radical (unpaired) electrons. The highest BCUT2D eigenvalue weighted by molar-refractivity contribution is 6.12. The molecule has 0 atom stereocenters. The van der Waals surface area contributed by atoms with E-state index in [-0.39, 0.29) is 0 Å². The van der Waals surface area contributed by atoms with Gasteiger partial charge < -0.3 is 4.57 Å². The van der Waals surface area contributed by atoms with Gasteiger partial charge in [0.25, 0.3) is 0 Å². The lowest BCUT2D eigenvalue weighted by Gasteiger charge is -2.12. The van der Waals surface area contributed by atoms with Crippen LogP contribution in [-0.2, 0) is 0 Å². The van der Waals surface area contributed by atoms with Gasteiger partial charge in [-0.25, -0.2) is 9.97 Å². The summed E-state index contributed by atoms with van der Waals surface area (Å²) in [6.07, 6.45) is 0. The Balaban J connectivity index is 1.20. The average molecular weight is 639 g/mol. The zero-order valence-electron chi connectivity index (χ0n) is 27.1. The average Bonchev–Trinajstić information content (AvgIpc) is 3.71. The van der Waals surface area contributed by atoms with Gasteiger partial charge in [-0.1, -0.05) is 133 Å². The lowest BCUT2D eigenvalue weighted by atomic mass is 10.0. The van der Waals surface area contributed by atoms with Gasteiger partial charge in [-0.15, -0.1) is 0 Å². The van der Waals surface area contributed by atoms with E-state index in [2.05, 4.69) is 167 Å². The highest BCUT2D eigenvalue weighted by atomic mass is 15.1. The van der Waals surface area contributed by atoms with E-state index in [0.29, 0.717) is 5.82 Å². The van der Waals surface area contributed by atoms with Crippen molar-refractivity contribution in [3.8, 4) is 45.3 Å². The van der Waals surface area contributed by atoms with Crippen molar-refractivity contribution in [1.82, 2.24) is 19.1 Å². The van der Waals surface area contributed by atoms with Gasteiger partial charge in [0.1, 0.15) is 5.82 Å². The summed E-state index contributed by atoms with van der Waals surface area (Å²) in [5.74, 6) is 1.53. The first-order valence-corrected chi connectivity index (χ1v) is 16.9. The summed E-state index contributed by atoms with van der Waals surface area (Å²) in [5, 5.41) is 4.86. The van der Waals surface area contributed by atoms with Crippen LogP contribution in [0.15, 0.2) is 182 Å². The molecule has 0 unspecified atom stereocenters. The van der Waals surface area contributed by atoms with Crippen LogP contribution >= 0.6 is 0 Å². The van der Waals surface area contributed by atoms with Crippen LogP contribution in [0.5, 0.6) is 0 Å². The minimum Gasteiger partial charge on any atom is -0.309 e. The number of rotatable bonds is 5. The van der Waals surface area contributed by atoms with E-state index >= 15 is 0 Å². The van der Waals surface area contributed by atoms with Crippen molar-refractivity contribution >= 4 is 43.6 Å². The van der Waals surface area contributed by atoms with Gasteiger partial charge in [0.15, 0.2) is 5.82 Å². The smallest absolute Gasteiger partial charge is 0.162 e. The molecule has 3 heterocycles. The van der Waals surface area contributed by atoms with Gasteiger partial charge in [-0.3, -0.25) is 4.57 Å². The number of benzene rings is 7. The van der Waals surface area contributed by atoms with Gasteiger partial charge in [0.05, 0.1) is 27.8 Å². The Labute approximate surface area is 289 Å². The first-order chi connectivity index (χ1) is 24.8. The molecule has 234 valence electrons. The second-order valence-corrected chi connectivity index (χ2v) is 12.7. The molecule has 0 saturated heterocycles. The number of fused-ring (bicyclic) bond motifs is 6. The van der Waals surface area contributed by atoms with Crippen molar-refractivity contribution < 1.29 is 0 Å². The van der Waals surface area contributed by atoms with Crippen LogP contribution in [0.25, 0.3) is 88.9 Å². The summed E-state index contributed by atoms with van der Waals surface area (Å²) in [5.41, 5.74) is 11.0. The molecular formula is C46H30N4. The van der Waals surface area contributed by atoms with E-state index < -0.39 is 0 Å². The fourth-order valence-electron chi connectivity index (χ4n) is 7.43. The van der Waals surface area contributed by atoms with Gasteiger partial charge in [-0.2, -0.15) is 0 Å². The predicted molar refractivity (Wildman–Crippen MR) is 207 cm³/mol. The van der Waals surface area contributed by atoms with Gasteiger partial charge in [0.2, 0.25) is 0 Å². The number of para-hydroxylation sites is 3. The molecule has 4 nitrogen and oxygen atoms in total. The molecule has 4 heteroatoms. The summed E-state index contributed by atoms with van der Waals surface area (Å²) < 4.78 is 4.66. The fourth-order valence-corrected chi connectivity index (χ4v) is 7.43. The number of aromatic nitrogens is 4. The molecule has 0 saturated carbocycles. The monoisotopic (exact) mass is 638 g/mol. The second-order valence-electron chi connectivity index (χ2n) is 12.7. The van der Waals surface area contributed by atoms with Crippen LogP contribution in [0, 0.1) is 0 Å². The Morgan fingerprint density at radius 3 is 1.60 bits per heavy atom. The van der Waals surface area contributed by atoms with Crippen LogP contribution in [0.4, 0.5) is 0 Å². The van der Waals surface area contributed by atoms with Gasteiger partial charge in [0, 0.05) is 44.4 Å². The molecule has 0 amide bonds. The summed E-state index contributed by atoms with van der Waals surface area (Å²) in [4.78, 5) is 10.3. The van der Waals surface area contributed by atoms with Crippen molar-refractivity contribution in [3.63, 3.8) is 0 Å². The first-order valence-electron chi connectivity index (χ1n) is 16.9. The zero-order valence-corrected chi connectivity index (χ0v) is 27.1. The number of nitrogens with zero attached hydrogens (tertiary/aromatic N) is 4. The topological polar surface area (TPSA) is 35.6 Å². The summed E-state index contributed by atoms with van der Waals surface area (Å²) >= 11 is 0. The van der Waals surface area contributed by atoms with Crippen LogP contribution in [0.1, 0.15) is 0 Å². The van der Waals surface area contributed by atoms with Gasteiger partial charge in [-0.05, 0) is 53.6 Å². The highest BCUT2D eigenvalue weighted by Crippen LogP contribution is 2.38. The first kappa shape index (κ1) is 28.3. The third-order valence-corrected chi connectivity index (χ3v) is 9.74. The van der Waals surface area contributed by atoms with E-state index in [9.17, 15) is 0 Å². The van der Waals surface area contributed by atoms with Gasteiger partial charge >= 0.3 is 0 Å². The maximum atomic E-state index is 5.23. The van der Waals surface area contributed by atoms with Crippen molar-refractivity contribution in [2.24, 2.45) is 0 Å². The molecule has 0 fully saturated rings. The van der Waals surface area contributed by atoms with Crippen LogP contribution in [0.2, 0.25) is 0 Å². The third-order valence-electron chi connectivity index (χ3n) is 9.74. The summed E-state index contributed by atoms with van der Waals surface area (Å²) in [7, 11) is 0. The molecule has 0 N–H and O–H groups in total. The minimum atomic E-state index is 0.698. The van der Waals surface area contributed by atoms with Crippen LogP contribution in [0.3, 0.4) is 0 Å². The van der Waals surface area contributed by atoms with E-state index in [1.54, 1.807) is 0 Å². The molecule has 10 aromatic rings. The maximum Gasteiger partial charge on any atom is 0.162 e. The lowest BCUT2D eigenvalue weighted by molar-refractivity contribution is 1.05. The predicted octanol–water partition coefficient (Wildman–Crippen LogP) is 11.7. The Bertz CT molecular complexity index is 2790. The fraction of sp³-hybridized carbons (Fsp3) is 0. The number of hydrogen-bond donors (Lipinski definition) is 0. The van der Waals surface area contributed by atoms with E-state index in [1.165, 1.54) is 38.1 Å². The Hall–Kier alpha value is -6.78. The van der Waals surface area contributed by atoms with Crippen LogP contribution in [-0.4, -0.2) is 19.1 Å². The van der Waals surface area contributed by atoms with Crippen molar-refractivity contribution in [3.05, 3.63) is 182 Å². The summed E-state index contributed by atoms with van der Waals surface area (Å²) in [6.45, 7) is 0.